The Morgan fingerprint density at radius 2 is 1.71 bits per heavy atom. The Kier molecular flexibility index (Phi) is 5.64. The van der Waals surface area contributed by atoms with Crippen LogP contribution in [0.15, 0.2) is 48.7 Å². The number of nitrogens with zero attached hydrogens (tertiary/aromatic N) is 2. The van der Waals surface area contributed by atoms with Crippen molar-refractivity contribution in [1.29, 1.82) is 0 Å². The van der Waals surface area contributed by atoms with Gasteiger partial charge >= 0.3 is 0 Å². The van der Waals surface area contributed by atoms with Gasteiger partial charge in [0, 0.05) is 18.0 Å². The molecule has 7 nitrogen and oxygen atoms in total. The number of anilines is 3. The summed E-state index contributed by atoms with van der Waals surface area (Å²) >= 11 is 0. The molecule has 1 amide bonds. The molecule has 0 aliphatic rings. The highest BCUT2D eigenvalue weighted by Crippen LogP contribution is 2.30. The molecule has 1 aromatic heterocycles. The molecule has 0 aliphatic heterocycles. The van der Waals surface area contributed by atoms with Crippen molar-refractivity contribution in [3.63, 3.8) is 0 Å². The first-order valence-electron chi connectivity index (χ1n) is 8.09. The molecule has 3 aromatic rings. The Bertz CT molecular complexity index is 994. The molecule has 0 unspecified atom stereocenters. The van der Waals surface area contributed by atoms with E-state index in [2.05, 4.69) is 20.6 Å². The van der Waals surface area contributed by atoms with E-state index in [9.17, 15) is 13.6 Å². The molecule has 0 spiro atoms. The van der Waals surface area contributed by atoms with E-state index in [1.165, 1.54) is 32.5 Å². The number of aromatic nitrogens is 2. The number of carbonyl (C=O) groups excluding carboxylic acids is 1. The second-order valence-corrected chi connectivity index (χ2v) is 5.51. The van der Waals surface area contributed by atoms with E-state index in [1.807, 2.05) is 0 Å². The summed E-state index contributed by atoms with van der Waals surface area (Å²) in [7, 11) is 2.98. The Morgan fingerprint density at radius 1 is 1.00 bits per heavy atom. The molecule has 0 saturated carbocycles. The van der Waals surface area contributed by atoms with Gasteiger partial charge in [-0.05, 0) is 30.3 Å². The van der Waals surface area contributed by atoms with Gasteiger partial charge in [0.1, 0.15) is 23.0 Å². The molecule has 144 valence electrons. The number of halogens is 2. The van der Waals surface area contributed by atoms with Gasteiger partial charge in [-0.15, -0.1) is 0 Å². The quantitative estimate of drug-likeness (QED) is 0.671. The van der Waals surface area contributed by atoms with Gasteiger partial charge in [0.05, 0.1) is 14.2 Å². The van der Waals surface area contributed by atoms with Gasteiger partial charge in [0.15, 0.2) is 11.5 Å². The van der Waals surface area contributed by atoms with Crippen LogP contribution in [0.5, 0.6) is 11.5 Å². The molecule has 0 saturated heterocycles. The third kappa shape index (κ3) is 4.14. The van der Waals surface area contributed by atoms with E-state index in [4.69, 9.17) is 9.47 Å². The highest BCUT2D eigenvalue weighted by atomic mass is 19.1. The minimum absolute atomic E-state index is 0.00373. The minimum Gasteiger partial charge on any atom is -0.493 e. The molecule has 0 bridgehead atoms. The Hall–Kier alpha value is -3.75. The Morgan fingerprint density at radius 3 is 2.39 bits per heavy atom. The zero-order valence-electron chi connectivity index (χ0n) is 15.0. The number of carbonyl (C=O) groups is 1. The third-order valence-electron chi connectivity index (χ3n) is 3.73. The summed E-state index contributed by atoms with van der Waals surface area (Å²) in [6.45, 7) is 0. The average Bonchev–Trinajstić information content (AvgIpc) is 2.71. The maximum absolute atomic E-state index is 13.8. The van der Waals surface area contributed by atoms with E-state index in [0.29, 0.717) is 17.2 Å². The largest absolute Gasteiger partial charge is 0.493 e. The van der Waals surface area contributed by atoms with Crippen LogP contribution in [0.3, 0.4) is 0 Å². The molecule has 28 heavy (non-hydrogen) atoms. The predicted octanol–water partition coefficient (Wildman–Crippen LogP) is 3.77. The molecule has 0 aliphatic carbocycles. The summed E-state index contributed by atoms with van der Waals surface area (Å²) in [6.07, 6.45) is 1.30. The van der Waals surface area contributed by atoms with Crippen LogP contribution in [0.2, 0.25) is 0 Å². The molecular weight excluding hydrogens is 370 g/mol. The van der Waals surface area contributed by atoms with E-state index in [1.54, 1.807) is 18.2 Å². The maximum atomic E-state index is 13.8. The summed E-state index contributed by atoms with van der Waals surface area (Å²) in [5.41, 5.74) is 0.0555. The molecule has 1 heterocycles. The molecule has 3 rings (SSSR count). The number of hydrogen-bond acceptors (Lipinski definition) is 6. The lowest BCUT2D eigenvalue weighted by molar-refractivity contribution is 0.102. The summed E-state index contributed by atoms with van der Waals surface area (Å²) in [6, 6.07) is 9.67. The van der Waals surface area contributed by atoms with Crippen LogP contribution in [0, 0.1) is 11.6 Å². The van der Waals surface area contributed by atoms with Crippen LogP contribution in [0.25, 0.3) is 0 Å². The number of methoxy groups -OCH3 is 2. The van der Waals surface area contributed by atoms with Gasteiger partial charge in [-0.3, -0.25) is 4.79 Å². The highest BCUT2D eigenvalue weighted by Gasteiger charge is 2.14. The van der Waals surface area contributed by atoms with Crippen LogP contribution in [-0.2, 0) is 0 Å². The van der Waals surface area contributed by atoms with Crippen LogP contribution in [0.1, 0.15) is 10.5 Å². The molecule has 0 atom stereocenters. The first kappa shape index (κ1) is 19.0. The van der Waals surface area contributed by atoms with E-state index in [0.717, 1.165) is 12.1 Å². The molecule has 9 heteroatoms. The summed E-state index contributed by atoms with van der Waals surface area (Å²) in [5, 5.41) is 5.10. The van der Waals surface area contributed by atoms with Crippen molar-refractivity contribution in [2.24, 2.45) is 0 Å². The summed E-state index contributed by atoms with van der Waals surface area (Å²) in [5.74, 6) is -1.30. The second kappa shape index (κ2) is 8.30. The van der Waals surface area contributed by atoms with Crippen molar-refractivity contribution in [2.75, 3.05) is 24.9 Å². The molecule has 2 aromatic carbocycles. The number of amides is 1. The van der Waals surface area contributed by atoms with Gasteiger partial charge in [0.25, 0.3) is 5.91 Å². The SMILES string of the molecule is COc1ccc(NC(=O)c2ccnc(Nc3c(F)cccc3F)n2)cc1OC. The van der Waals surface area contributed by atoms with Crippen LogP contribution >= 0.6 is 0 Å². The van der Waals surface area contributed by atoms with Gasteiger partial charge in [-0.2, -0.15) is 0 Å². The number of hydrogen-bond donors (Lipinski definition) is 2. The zero-order valence-corrected chi connectivity index (χ0v) is 15.0. The molecule has 0 radical (unpaired) electrons. The smallest absolute Gasteiger partial charge is 0.274 e. The molecule has 2 N–H and O–H groups in total. The van der Waals surface area contributed by atoms with Crippen molar-refractivity contribution in [2.45, 2.75) is 0 Å². The van der Waals surface area contributed by atoms with Gasteiger partial charge in [0.2, 0.25) is 5.95 Å². The van der Waals surface area contributed by atoms with Gasteiger partial charge in [-0.1, -0.05) is 6.07 Å². The van der Waals surface area contributed by atoms with Crippen molar-refractivity contribution < 1.29 is 23.0 Å². The van der Waals surface area contributed by atoms with Crippen molar-refractivity contribution in [1.82, 2.24) is 9.97 Å². The lowest BCUT2D eigenvalue weighted by Gasteiger charge is -2.11. The number of para-hydroxylation sites is 1. The van der Waals surface area contributed by atoms with Crippen LogP contribution < -0.4 is 20.1 Å². The number of ether oxygens (including phenoxy) is 2. The lowest BCUT2D eigenvalue weighted by Crippen LogP contribution is -2.15. The number of benzene rings is 2. The average molecular weight is 386 g/mol. The van der Waals surface area contributed by atoms with E-state index in [-0.39, 0.29) is 11.6 Å². The summed E-state index contributed by atoms with van der Waals surface area (Å²) < 4.78 is 37.8. The highest BCUT2D eigenvalue weighted by molar-refractivity contribution is 6.03. The third-order valence-corrected chi connectivity index (χ3v) is 3.73. The monoisotopic (exact) mass is 386 g/mol. The summed E-state index contributed by atoms with van der Waals surface area (Å²) in [4.78, 5) is 20.3. The second-order valence-electron chi connectivity index (χ2n) is 5.51. The Labute approximate surface area is 159 Å². The predicted molar refractivity (Wildman–Crippen MR) is 99.2 cm³/mol. The standard InChI is InChI=1S/C19H16F2N4O3/c1-27-15-7-6-11(10-16(15)28-2)23-18(26)14-8-9-22-19(24-14)25-17-12(20)4-3-5-13(17)21/h3-10H,1-2H3,(H,23,26)(H,22,24,25). The van der Waals surface area contributed by atoms with Gasteiger partial charge in [-0.25, -0.2) is 18.7 Å². The van der Waals surface area contributed by atoms with Crippen molar-refractivity contribution >= 4 is 23.2 Å². The van der Waals surface area contributed by atoms with E-state index >= 15 is 0 Å². The Balaban J connectivity index is 1.79. The molecular formula is C19H16F2N4O3. The number of rotatable bonds is 6. The first-order chi connectivity index (χ1) is 13.5. The van der Waals surface area contributed by atoms with Crippen molar-refractivity contribution in [3.05, 3.63) is 66.0 Å². The fraction of sp³-hybridized carbons (Fsp3) is 0.105. The molecule has 0 fully saturated rings. The maximum Gasteiger partial charge on any atom is 0.274 e. The number of nitrogens with one attached hydrogen (secondary N) is 2. The first-order valence-corrected chi connectivity index (χ1v) is 8.09. The van der Waals surface area contributed by atoms with E-state index < -0.39 is 23.2 Å². The van der Waals surface area contributed by atoms with Gasteiger partial charge < -0.3 is 20.1 Å². The normalized spacial score (nSPS) is 10.3. The lowest BCUT2D eigenvalue weighted by atomic mass is 10.2. The van der Waals surface area contributed by atoms with Crippen LogP contribution in [-0.4, -0.2) is 30.1 Å². The minimum atomic E-state index is -0.802. The zero-order chi connectivity index (χ0) is 20.1. The topological polar surface area (TPSA) is 85.4 Å². The fourth-order valence-corrected chi connectivity index (χ4v) is 2.38. The fourth-order valence-electron chi connectivity index (χ4n) is 2.38. The van der Waals surface area contributed by atoms with Crippen molar-refractivity contribution in [3.8, 4) is 11.5 Å². The van der Waals surface area contributed by atoms with Crippen LogP contribution in [0.4, 0.5) is 26.1 Å².